The Labute approximate surface area is 109 Å². The molecule has 1 aromatic carbocycles. The fourth-order valence-corrected chi connectivity index (χ4v) is 2.25. The third-order valence-electron chi connectivity index (χ3n) is 3.97. The van der Waals surface area contributed by atoms with Gasteiger partial charge in [0.25, 0.3) is 0 Å². The molecular weight excluding hydrogens is 222 g/mol. The fraction of sp³-hybridized carbons (Fsp3) is 0.375. The number of rotatable bonds is 2. The molecule has 2 rings (SSSR count). The number of aryl methyl sites for hydroxylation is 3. The van der Waals surface area contributed by atoms with Crippen molar-refractivity contribution in [1.29, 1.82) is 0 Å². The maximum absolute atomic E-state index is 10.5. The van der Waals surface area contributed by atoms with E-state index in [1.54, 1.807) is 0 Å². The van der Waals surface area contributed by atoms with Gasteiger partial charge in [0.2, 0.25) is 0 Å². The Hall–Kier alpha value is -1.54. The van der Waals surface area contributed by atoms with Crippen molar-refractivity contribution >= 4 is 0 Å². The Morgan fingerprint density at radius 2 is 1.61 bits per heavy atom. The topological polar surface area (TPSA) is 36.0 Å². The van der Waals surface area contributed by atoms with Gasteiger partial charge in [0.1, 0.15) is 6.10 Å². The van der Waals surface area contributed by atoms with Crippen LogP contribution in [0.15, 0.2) is 18.2 Å². The van der Waals surface area contributed by atoms with Crippen molar-refractivity contribution < 1.29 is 5.11 Å². The number of aromatic nitrogens is 1. The van der Waals surface area contributed by atoms with Gasteiger partial charge in [-0.3, -0.25) is 0 Å². The van der Waals surface area contributed by atoms with Crippen molar-refractivity contribution in [3.05, 3.63) is 57.4 Å². The highest BCUT2D eigenvalue weighted by molar-refractivity contribution is 5.41. The molecule has 0 spiro atoms. The summed E-state index contributed by atoms with van der Waals surface area (Å²) in [6.45, 7) is 10.3. The highest BCUT2D eigenvalue weighted by Gasteiger charge is 2.17. The third kappa shape index (κ3) is 2.08. The van der Waals surface area contributed by atoms with E-state index in [0.717, 1.165) is 22.5 Å². The quantitative estimate of drug-likeness (QED) is 0.830. The number of aliphatic hydroxyl groups excluding tert-OH is 1. The minimum absolute atomic E-state index is 0.573. The first-order valence-electron chi connectivity index (χ1n) is 6.32. The van der Waals surface area contributed by atoms with Crippen LogP contribution in [0.25, 0.3) is 0 Å². The van der Waals surface area contributed by atoms with Crippen LogP contribution in [0.5, 0.6) is 0 Å². The average Bonchev–Trinajstić information content (AvgIpc) is 2.60. The monoisotopic (exact) mass is 243 g/mol. The van der Waals surface area contributed by atoms with Gasteiger partial charge in [0.15, 0.2) is 0 Å². The first-order chi connectivity index (χ1) is 8.41. The Morgan fingerprint density at radius 1 is 0.944 bits per heavy atom. The zero-order valence-electron chi connectivity index (χ0n) is 11.8. The highest BCUT2D eigenvalue weighted by Crippen LogP contribution is 2.28. The molecule has 2 heteroatoms. The van der Waals surface area contributed by atoms with Crippen LogP contribution in [0.2, 0.25) is 0 Å². The van der Waals surface area contributed by atoms with Gasteiger partial charge in [0, 0.05) is 5.69 Å². The van der Waals surface area contributed by atoms with Gasteiger partial charge < -0.3 is 10.1 Å². The molecule has 0 amide bonds. The molecule has 1 heterocycles. The molecule has 2 aromatic rings. The average molecular weight is 243 g/mol. The van der Waals surface area contributed by atoms with Gasteiger partial charge in [-0.25, -0.2) is 0 Å². The van der Waals surface area contributed by atoms with Crippen LogP contribution in [0.4, 0.5) is 0 Å². The van der Waals surface area contributed by atoms with E-state index in [9.17, 15) is 5.11 Å². The summed E-state index contributed by atoms with van der Waals surface area (Å²) in [5.74, 6) is 0. The second-order valence-electron chi connectivity index (χ2n) is 5.16. The predicted molar refractivity (Wildman–Crippen MR) is 75.0 cm³/mol. The van der Waals surface area contributed by atoms with E-state index in [2.05, 4.69) is 44.8 Å². The van der Waals surface area contributed by atoms with E-state index in [4.69, 9.17) is 0 Å². The number of H-pyrrole nitrogens is 1. The molecule has 0 aliphatic rings. The van der Waals surface area contributed by atoms with E-state index in [0.29, 0.717) is 0 Å². The zero-order chi connectivity index (χ0) is 13.4. The number of aromatic amines is 1. The summed E-state index contributed by atoms with van der Waals surface area (Å²) in [5.41, 5.74) is 7.83. The van der Waals surface area contributed by atoms with Crippen molar-refractivity contribution in [2.75, 3.05) is 0 Å². The van der Waals surface area contributed by atoms with Crippen molar-refractivity contribution in [3.63, 3.8) is 0 Å². The van der Waals surface area contributed by atoms with Crippen molar-refractivity contribution in [2.45, 2.75) is 40.7 Å². The molecule has 2 N–H and O–H groups in total. The molecule has 0 fully saturated rings. The fourth-order valence-electron chi connectivity index (χ4n) is 2.25. The standard InChI is InChI=1S/C16H21NO/c1-9-6-7-14(8-10(9)2)16(18)15-12(4)11(3)13(5)17-15/h6-8,16-18H,1-5H3. The van der Waals surface area contributed by atoms with Gasteiger partial charge in [-0.05, 0) is 62.4 Å². The van der Waals surface area contributed by atoms with Crippen LogP contribution < -0.4 is 0 Å². The lowest BCUT2D eigenvalue weighted by molar-refractivity contribution is 0.215. The summed E-state index contributed by atoms with van der Waals surface area (Å²) in [4.78, 5) is 3.29. The maximum atomic E-state index is 10.5. The normalized spacial score (nSPS) is 12.8. The summed E-state index contributed by atoms with van der Waals surface area (Å²) < 4.78 is 0. The molecule has 0 saturated carbocycles. The van der Waals surface area contributed by atoms with Gasteiger partial charge in [0.05, 0.1) is 5.69 Å². The first-order valence-corrected chi connectivity index (χ1v) is 6.32. The van der Waals surface area contributed by atoms with Crippen molar-refractivity contribution in [1.82, 2.24) is 4.98 Å². The molecule has 0 saturated heterocycles. The van der Waals surface area contributed by atoms with Crippen LogP contribution in [0, 0.1) is 34.6 Å². The summed E-state index contributed by atoms with van der Waals surface area (Å²) in [6.07, 6.45) is -0.573. The van der Waals surface area contributed by atoms with E-state index < -0.39 is 6.10 Å². The lowest BCUT2D eigenvalue weighted by Gasteiger charge is -2.13. The minimum atomic E-state index is -0.573. The largest absolute Gasteiger partial charge is 0.382 e. The van der Waals surface area contributed by atoms with Gasteiger partial charge in [-0.15, -0.1) is 0 Å². The molecule has 1 aromatic heterocycles. The smallest absolute Gasteiger partial charge is 0.119 e. The molecule has 18 heavy (non-hydrogen) atoms. The Morgan fingerprint density at radius 3 is 2.11 bits per heavy atom. The lowest BCUT2D eigenvalue weighted by atomic mass is 9.99. The molecule has 0 radical (unpaired) electrons. The molecule has 96 valence electrons. The summed E-state index contributed by atoms with van der Waals surface area (Å²) in [5, 5.41) is 10.5. The number of benzene rings is 1. The lowest BCUT2D eigenvalue weighted by Crippen LogP contribution is -2.03. The molecule has 0 bridgehead atoms. The molecule has 1 unspecified atom stereocenters. The number of aliphatic hydroxyl groups is 1. The Kier molecular flexibility index (Phi) is 3.31. The van der Waals surface area contributed by atoms with Gasteiger partial charge >= 0.3 is 0 Å². The van der Waals surface area contributed by atoms with Crippen LogP contribution in [0.3, 0.4) is 0 Å². The van der Waals surface area contributed by atoms with Crippen LogP contribution in [-0.2, 0) is 0 Å². The SMILES string of the molecule is Cc1ccc(C(O)c2[nH]c(C)c(C)c2C)cc1C. The van der Waals surface area contributed by atoms with Crippen LogP contribution >= 0.6 is 0 Å². The molecule has 1 atom stereocenters. The minimum Gasteiger partial charge on any atom is -0.382 e. The summed E-state index contributed by atoms with van der Waals surface area (Å²) >= 11 is 0. The van der Waals surface area contributed by atoms with Crippen molar-refractivity contribution in [2.24, 2.45) is 0 Å². The predicted octanol–water partition coefficient (Wildman–Crippen LogP) is 3.64. The Bertz CT molecular complexity index is 581. The maximum Gasteiger partial charge on any atom is 0.119 e. The molecular formula is C16H21NO. The van der Waals surface area contributed by atoms with E-state index in [1.165, 1.54) is 16.7 Å². The second-order valence-corrected chi connectivity index (χ2v) is 5.16. The summed E-state index contributed by atoms with van der Waals surface area (Å²) in [6, 6.07) is 6.12. The number of nitrogens with one attached hydrogen (secondary N) is 1. The van der Waals surface area contributed by atoms with Crippen LogP contribution in [0.1, 0.15) is 45.3 Å². The van der Waals surface area contributed by atoms with Gasteiger partial charge in [-0.2, -0.15) is 0 Å². The van der Waals surface area contributed by atoms with E-state index >= 15 is 0 Å². The zero-order valence-corrected chi connectivity index (χ0v) is 11.8. The molecule has 2 nitrogen and oxygen atoms in total. The van der Waals surface area contributed by atoms with E-state index in [1.807, 2.05) is 13.0 Å². The second kappa shape index (κ2) is 4.62. The number of hydrogen-bond donors (Lipinski definition) is 2. The number of hydrogen-bond acceptors (Lipinski definition) is 1. The summed E-state index contributed by atoms with van der Waals surface area (Å²) in [7, 11) is 0. The molecule has 0 aliphatic heterocycles. The van der Waals surface area contributed by atoms with E-state index in [-0.39, 0.29) is 0 Å². The van der Waals surface area contributed by atoms with Crippen molar-refractivity contribution in [3.8, 4) is 0 Å². The van der Waals surface area contributed by atoms with Crippen LogP contribution in [-0.4, -0.2) is 10.1 Å². The Balaban J connectivity index is 2.44. The highest BCUT2D eigenvalue weighted by atomic mass is 16.3. The third-order valence-corrected chi connectivity index (χ3v) is 3.97. The van der Waals surface area contributed by atoms with Gasteiger partial charge in [-0.1, -0.05) is 18.2 Å². The molecule has 0 aliphatic carbocycles. The first kappa shape index (κ1) is 12.9.